The molecule has 0 fully saturated rings. The zero-order valence-corrected chi connectivity index (χ0v) is 19.8. The summed E-state index contributed by atoms with van der Waals surface area (Å²) in [7, 11) is 0. The predicted molar refractivity (Wildman–Crippen MR) is 123 cm³/mol. The fourth-order valence-corrected chi connectivity index (χ4v) is 3.49. The molecule has 3 aromatic rings. The summed E-state index contributed by atoms with van der Waals surface area (Å²) in [5.74, 6) is 0. The third kappa shape index (κ3) is 5.04. The first kappa shape index (κ1) is 22.7. The lowest BCUT2D eigenvalue weighted by atomic mass is 10.1. The highest BCUT2D eigenvalue weighted by atomic mass is 79.9. The van der Waals surface area contributed by atoms with Gasteiger partial charge in [-0.05, 0) is 81.7 Å². The molecule has 3 rings (SSSR count). The van der Waals surface area contributed by atoms with Gasteiger partial charge in [0, 0.05) is 21.4 Å². The van der Waals surface area contributed by atoms with Crippen molar-refractivity contribution in [1.82, 2.24) is 9.97 Å². The third-order valence-corrected chi connectivity index (χ3v) is 4.64. The summed E-state index contributed by atoms with van der Waals surface area (Å²) in [5.41, 5.74) is -1.40. The number of H-pyrrole nitrogens is 1. The van der Waals surface area contributed by atoms with E-state index in [-0.39, 0.29) is 5.69 Å². The van der Waals surface area contributed by atoms with E-state index in [1.54, 1.807) is 59.9 Å². The monoisotopic (exact) mass is 489 g/mol. The summed E-state index contributed by atoms with van der Waals surface area (Å²) >= 11 is 3.48. The maximum atomic E-state index is 13.0. The maximum absolute atomic E-state index is 13.0. The van der Waals surface area contributed by atoms with E-state index in [1.165, 1.54) is 6.07 Å². The number of benzene rings is 1. The fraction of sp³-hybridized carbons (Fsp3) is 0.364. The van der Waals surface area contributed by atoms with E-state index in [0.717, 1.165) is 5.39 Å². The molecule has 0 unspecified atom stereocenters. The van der Waals surface area contributed by atoms with Crippen molar-refractivity contribution in [3.05, 3.63) is 45.3 Å². The molecular weight excluding hydrogens is 466 g/mol. The molecule has 0 aliphatic heterocycles. The Hall–Kier alpha value is -2.94. The number of carbonyl (C=O) groups is 2. The van der Waals surface area contributed by atoms with Crippen molar-refractivity contribution in [3.8, 4) is 0 Å². The molecule has 31 heavy (non-hydrogen) atoms. The molecule has 9 heteroatoms. The van der Waals surface area contributed by atoms with E-state index in [2.05, 4.69) is 25.9 Å². The lowest BCUT2D eigenvalue weighted by molar-refractivity contribution is 0.0430. The quantitative estimate of drug-likeness (QED) is 0.451. The van der Waals surface area contributed by atoms with Crippen LogP contribution in [0.4, 0.5) is 15.3 Å². The number of rotatable bonds is 1. The second-order valence-corrected chi connectivity index (χ2v) is 9.86. The first-order chi connectivity index (χ1) is 14.3. The zero-order chi connectivity index (χ0) is 23.1. The van der Waals surface area contributed by atoms with Crippen LogP contribution in [0.3, 0.4) is 0 Å². The largest absolute Gasteiger partial charge is 0.443 e. The summed E-state index contributed by atoms with van der Waals surface area (Å²) in [6, 6.07) is 6.80. The number of aromatic amines is 1. The Morgan fingerprint density at radius 2 is 1.61 bits per heavy atom. The van der Waals surface area contributed by atoms with Crippen molar-refractivity contribution < 1.29 is 19.1 Å². The lowest BCUT2D eigenvalue weighted by Crippen LogP contribution is -2.45. The average Bonchev–Trinajstić information content (AvgIpc) is 2.60. The van der Waals surface area contributed by atoms with Gasteiger partial charge in [0.1, 0.15) is 16.9 Å². The SMILES string of the molecule is CC(C)(C)OC(=O)N(C(=O)OC(C)(C)C)c1cc2cc(Br)c3ncccc3c2[nH]c1=O. The number of halogens is 1. The molecular formula is C22H24BrN3O5. The summed E-state index contributed by atoms with van der Waals surface area (Å²) in [6.07, 6.45) is -0.362. The fourth-order valence-electron chi connectivity index (χ4n) is 2.93. The summed E-state index contributed by atoms with van der Waals surface area (Å²) in [4.78, 5) is 46.5. The smallest absolute Gasteiger partial charge is 0.424 e. The van der Waals surface area contributed by atoms with Crippen LogP contribution >= 0.6 is 15.9 Å². The standard InChI is InChI=1S/C22H24BrN3O5/c1-21(2,3)30-19(28)26(20(29)31-22(4,5)6)15-11-12-10-14(23)17-13(8-7-9-24-17)16(12)25-18(15)27/h7-11H,1-6H3,(H,25,27). The molecule has 0 saturated heterocycles. The molecule has 1 aromatic carbocycles. The number of nitrogens with one attached hydrogen (secondary N) is 1. The van der Waals surface area contributed by atoms with Crippen LogP contribution in [0.15, 0.2) is 39.7 Å². The molecule has 8 nitrogen and oxygen atoms in total. The number of fused-ring (bicyclic) bond motifs is 3. The van der Waals surface area contributed by atoms with Crippen LogP contribution in [-0.4, -0.2) is 33.4 Å². The minimum Gasteiger partial charge on any atom is -0.443 e. The molecule has 2 amide bonds. The Balaban J connectivity index is 2.22. The van der Waals surface area contributed by atoms with Gasteiger partial charge in [-0.1, -0.05) is 0 Å². The van der Waals surface area contributed by atoms with Crippen LogP contribution in [0, 0.1) is 0 Å². The van der Waals surface area contributed by atoms with Gasteiger partial charge in [0.05, 0.1) is 11.0 Å². The molecule has 0 atom stereocenters. The Bertz CT molecular complexity index is 1210. The Morgan fingerprint density at radius 3 is 2.16 bits per heavy atom. The molecule has 0 aliphatic rings. The number of pyridine rings is 2. The number of hydrogen-bond acceptors (Lipinski definition) is 6. The van der Waals surface area contributed by atoms with Crippen molar-refractivity contribution in [2.75, 3.05) is 4.90 Å². The Kier molecular flexibility index (Phi) is 5.84. The highest BCUT2D eigenvalue weighted by Gasteiger charge is 2.34. The van der Waals surface area contributed by atoms with Gasteiger partial charge in [0.2, 0.25) is 0 Å². The summed E-state index contributed by atoms with van der Waals surface area (Å²) in [5, 5.41) is 1.32. The second-order valence-electron chi connectivity index (χ2n) is 9.00. The molecule has 0 bridgehead atoms. The van der Waals surface area contributed by atoms with Gasteiger partial charge in [-0.3, -0.25) is 9.78 Å². The molecule has 2 heterocycles. The van der Waals surface area contributed by atoms with Gasteiger partial charge in [-0.15, -0.1) is 0 Å². The number of anilines is 1. The van der Waals surface area contributed by atoms with Crippen LogP contribution in [0.1, 0.15) is 41.5 Å². The predicted octanol–water partition coefficient (Wildman–Crippen LogP) is 5.52. The average molecular weight is 490 g/mol. The number of ether oxygens (including phenoxy) is 2. The lowest BCUT2D eigenvalue weighted by Gasteiger charge is -2.28. The van der Waals surface area contributed by atoms with E-state index in [9.17, 15) is 14.4 Å². The molecule has 0 radical (unpaired) electrons. The number of imide groups is 1. The normalized spacial score (nSPS) is 12.1. The van der Waals surface area contributed by atoms with Crippen LogP contribution in [-0.2, 0) is 9.47 Å². The van der Waals surface area contributed by atoms with E-state index in [4.69, 9.17) is 9.47 Å². The summed E-state index contributed by atoms with van der Waals surface area (Å²) in [6.45, 7) is 9.99. The molecule has 2 aromatic heterocycles. The van der Waals surface area contributed by atoms with E-state index < -0.39 is 28.9 Å². The number of carbonyl (C=O) groups excluding carboxylic acids is 2. The van der Waals surface area contributed by atoms with E-state index in [1.807, 2.05) is 6.07 Å². The topological polar surface area (TPSA) is 102 Å². The second kappa shape index (κ2) is 7.96. The van der Waals surface area contributed by atoms with Crippen LogP contribution in [0.5, 0.6) is 0 Å². The van der Waals surface area contributed by atoms with Gasteiger partial charge < -0.3 is 14.5 Å². The van der Waals surface area contributed by atoms with Gasteiger partial charge in [-0.2, -0.15) is 4.90 Å². The number of hydrogen-bond donors (Lipinski definition) is 1. The maximum Gasteiger partial charge on any atom is 0.424 e. The van der Waals surface area contributed by atoms with Crippen molar-refractivity contribution >= 4 is 55.6 Å². The van der Waals surface area contributed by atoms with Crippen molar-refractivity contribution in [3.63, 3.8) is 0 Å². The number of aromatic nitrogens is 2. The van der Waals surface area contributed by atoms with Crippen molar-refractivity contribution in [2.45, 2.75) is 52.7 Å². The molecule has 0 aliphatic carbocycles. The Morgan fingerprint density at radius 1 is 1.03 bits per heavy atom. The highest BCUT2D eigenvalue weighted by Crippen LogP contribution is 2.30. The minimum atomic E-state index is -1.01. The minimum absolute atomic E-state index is 0.203. The molecule has 0 saturated carbocycles. The highest BCUT2D eigenvalue weighted by molar-refractivity contribution is 9.10. The molecule has 0 spiro atoms. The first-order valence-corrected chi connectivity index (χ1v) is 10.4. The van der Waals surface area contributed by atoms with Gasteiger partial charge in [0.25, 0.3) is 5.56 Å². The van der Waals surface area contributed by atoms with E-state index in [0.29, 0.717) is 25.8 Å². The van der Waals surface area contributed by atoms with Gasteiger partial charge in [-0.25, -0.2) is 9.59 Å². The third-order valence-electron chi connectivity index (χ3n) is 4.03. The van der Waals surface area contributed by atoms with Crippen LogP contribution < -0.4 is 10.5 Å². The molecule has 164 valence electrons. The van der Waals surface area contributed by atoms with Crippen LogP contribution in [0.25, 0.3) is 21.8 Å². The molecule has 1 N–H and O–H groups in total. The first-order valence-electron chi connectivity index (χ1n) is 9.63. The van der Waals surface area contributed by atoms with Crippen LogP contribution in [0.2, 0.25) is 0 Å². The van der Waals surface area contributed by atoms with Crippen molar-refractivity contribution in [1.29, 1.82) is 0 Å². The number of nitrogens with zero attached hydrogens (tertiary/aromatic N) is 2. The van der Waals surface area contributed by atoms with E-state index >= 15 is 0 Å². The number of amides is 2. The Labute approximate surface area is 187 Å². The summed E-state index contributed by atoms with van der Waals surface area (Å²) < 4.78 is 11.4. The van der Waals surface area contributed by atoms with Gasteiger partial charge in [0.15, 0.2) is 0 Å². The van der Waals surface area contributed by atoms with Crippen molar-refractivity contribution in [2.24, 2.45) is 0 Å². The zero-order valence-electron chi connectivity index (χ0n) is 18.2. The van der Waals surface area contributed by atoms with Gasteiger partial charge >= 0.3 is 12.2 Å².